The van der Waals surface area contributed by atoms with Gasteiger partial charge in [0.2, 0.25) is 10.0 Å². The van der Waals surface area contributed by atoms with Crippen molar-refractivity contribution >= 4 is 21.7 Å². The molecular weight excluding hydrogens is 334 g/mol. The Kier molecular flexibility index (Phi) is 5.95. The monoisotopic (exact) mass is 355 g/mol. The molecular formula is C16H21NO6S. The van der Waals surface area contributed by atoms with Crippen LogP contribution in [0.15, 0.2) is 24.3 Å². The van der Waals surface area contributed by atoms with Gasteiger partial charge in [-0.2, -0.15) is 0 Å². The van der Waals surface area contributed by atoms with E-state index in [1.54, 1.807) is 18.2 Å². The van der Waals surface area contributed by atoms with Crippen molar-refractivity contribution < 1.29 is 27.5 Å². The molecule has 1 aliphatic rings. The van der Waals surface area contributed by atoms with Gasteiger partial charge in [0.05, 0.1) is 5.25 Å². The number of rotatable bonds is 6. The van der Waals surface area contributed by atoms with Crippen molar-refractivity contribution in [2.75, 3.05) is 13.2 Å². The average Bonchev–Trinajstić information content (AvgIpc) is 2.55. The van der Waals surface area contributed by atoms with E-state index in [9.17, 15) is 18.0 Å². The van der Waals surface area contributed by atoms with E-state index in [0.29, 0.717) is 37.4 Å². The lowest BCUT2D eigenvalue weighted by molar-refractivity contribution is -0.125. The van der Waals surface area contributed by atoms with Crippen LogP contribution in [-0.2, 0) is 19.6 Å². The maximum absolute atomic E-state index is 12.2. The maximum Gasteiger partial charge on any atom is 0.274 e. The zero-order valence-electron chi connectivity index (χ0n) is 13.7. The van der Waals surface area contributed by atoms with Gasteiger partial charge in [-0.3, -0.25) is 9.59 Å². The first-order valence-corrected chi connectivity index (χ1v) is 9.25. The molecule has 1 aromatic rings. The zero-order valence-corrected chi connectivity index (χ0v) is 14.5. The molecule has 0 aromatic heterocycles. The summed E-state index contributed by atoms with van der Waals surface area (Å²) in [6, 6.07) is 6.38. The third-order valence-corrected chi connectivity index (χ3v) is 5.61. The summed E-state index contributed by atoms with van der Waals surface area (Å²) in [6.45, 7) is 3.61. The van der Waals surface area contributed by atoms with Crippen molar-refractivity contribution in [1.29, 1.82) is 0 Å². The Hall–Kier alpha value is -1.93. The molecule has 1 atom stereocenters. The maximum atomic E-state index is 12.2. The topological polar surface area (TPSA) is 98.8 Å². The van der Waals surface area contributed by atoms with Crippen molar-refractivity contribution in [3.8, 4) is 5.75 Å². The van der Waals surface area contributed by atoms with E-state index in [4.69, 9.17) is 9.47 Å². The number of carbonyl (C=O) groups excluding carboxylic acids is 2. The molecule has 0 unspecified atom stereocenters. The van der Waals surface area contributed by atoms with Gasteiger partial charge in [-0.15, -0.1) is 0 Å². The molecule has 1 aliphatic heterocycles. The molecule has 1 amide bonds. The first-order chi connectivity index (χ1) is 11.3. The largest absolute Gasteiger partial charge is 0.481 e. The van der Waals surface area contributed by atoms with E-state index in [1.807, 2.05) is 0 Å². The molecule has 1 fully saturated rings. The molecule has 0 bridgehead atoms. The van der Waals surface area contributed by atoms with Gasteiger partial charge in [0.1, 0.15) is 5.75 Å². The Bertz CT molecular complexity index is 709. The number of ether oxygens (including phenoxy) is 2. The second kappa shape index (κ2) is 7.76. The fraction of sp³-hybridized carbons (Fsp3) is 0.500. The summed E-state index contributed by atoms with van der Waals surface area (Å²) in [7, 11) is -3.76. The molecule has 1 N–H and O–H groups in total. The number of sulfonamides is 1. The molecule has 0 spiro atoms. The van der Waals surface area contributed by atoms with E-state index in [-0.39, 0.29) is 5.78 Å². The SMILES string of the molecule is CC(=O)c1cccc(O[C@H](C)C(=O)NS(=O)(=O)C2CCOCC2)c1. The smallest absolute Gasteiger partial charge is 0.274 e. The van der Waals surface area contributed by atoms with Gasteiger partial charge < -0.3 is 9.47 Å². The van der Waals surface area contributed by atoms with E-state index in [1.165, 1.54) is 19.9 Å². The number of benzene rings is 1. The summed E-state index contributed by atoms with van der Waals surface area (Å²) >= 11 is 0. The summed E-state index contributed by atoms with van der Waals surface area (Å²) in [4.78, 5) is 23.5. The molecule has 1 heterocycles. The van der Waals surface area contributed by atoms with E-state index >= 15 is 0 Å². The fourth-order valence-corrected chi connectivity index (χ4v) is 3.76. The van der Waals surface area contributed by atoms with Crippen LogP contribution in [0.25, 0.3) is 0 Å². The molecule has 7 nitrogen and oxygen atoms in total. The molecule has 0 radical (unpaired) electrons. The fourth-order valence-electron chi connectivity index (χ4n) is 2.34. The lowest BCUT2D eigenvalue weighted by Crippen LogP contribution is -2.45. The van der Waals surface area contributed by atoms with Gasteiger partial charge in [-0.1, -0.05) is 12.1 Å². The Morgan fingerprint density at radius 2 is 1.96 bits per heavy atom. The number of carbonyl (C=O) groups is 2. The highest BCUT2D eigenvalue weighted by Gasteiger charge is 2.31. The number of ketones is 1. The number of amides is 1. The van der Waals surface area contributed by atoms with Crippen LogP contribution >= 0.6 is 0 Å². The quantitative estimate of drug-likeness (QED) is 0.772. The molecule has 8 heteroatoms. The van der Waals surface area contributed by atoms with Gasteiger partial charge >= 0.3 is 0 Å². The average molecular weight is 355 g/mol. The Labute approximate surface area is 141 Å². The van der Waals surface area contributed by atoms with Crippen molar-refractivity contribution in [1.82, 2.24) is 4.72 Å². The summed E-state index contributed by atoms with van der Waals surface area (Å²) in [6.07, 6.45) is -0.293. The highest BCUT2D eigenvalue weighted by molar-refractivity contribution is 7.90. The minimum absolute atomic E-state index is 0.125. The second-order valence-corrected chi connectivity index (χ2v) is 7.63. The predicted octanol–water partition coefficient (Wildman–Crippen LogP) is 1.28. The Morgan fingerprint density at radius 3 is 2.58 bits per heavy atom. The van der Waals surface area contributed by atoms with Crippen LogP contribution in [0.5, 0.6) is 5.75 Å². The van der Waals surface area contributed by atoms with E-state index in [2.05, 4.69) is 4.72 Å². The van der Waals surface area contributed by atoms with Crippen LogP contribution in [0.3, 0.4) is 0 Å². The molecule has 0 saturated carbocycles. The molecule has 132 valence electrons. The molecule has 0 aliphatic carbocycles. The highest BCUT2D eigenvalue weighted by Crippen LogP contribution is 2.17. The Morgan fingerprint density at radius 1 is 1.29 bits per heavy atom. The van der Waals surface area contributed by atoms with Gasteiger partial charge in [0.15, 0.2) is 11.9 Å². The first-order valence-electron chi connectivity index (χ1n) is 7.70. The van der Waals surface area contributed by atoms with E-state index in [0.717, 1.165) is 0 Å². The van der Waals surface area contributed by atoms with Gasteiger partial charge in [-0.05, 0) is 38.8 Å². The number of Topliss-reactive ketones (excluding diaryl/α,β-unsaturated/α-hetero) is 1. The molecule has 2 rings (SSSR count). The second-order valence-electron chi connectivity index (χ2n) is 5.67. The summed E-state index contributed by atoms with van der Waals surface area (Å²) in [5.74, 6) is -0.539. The van der Waals surface area contributed by atoms with Crippen LogP contribution in [0.2, 0.25) is 0 Å². The number of hydrogen-bond acceptors (Lipinski definition) is 6. The molecule has 24 heavy (non-hydrogen) atoms. The van der Waals surface area contributed by atoms with Crippen LogP contribution in [0.1, 0.15) is 37.0 Å². The van der Waals surface area contributed by atoms with Crippen molar-refractivity contribution in [3.63, 3.8) is 0 Å². The van der Waals surface area contributed by atoms with Gasteiger partial charge in [-0.25, -0.2) is 13.1 Å². The van der Waals surface area contributed by atoms with Crippen LogP contribution < -0.4 is 9.46 Å². The van der Waals surface area contributed by atoms with Crippen LogP contribution in [-0.4, -0.2) is 44.7 Å². The Balaban J connectivity index is 1.99. The standard InChI is InChI=1S/C16H21NO6S/c1-11(18)13-4-3-5-14(10-13)23-12(2)16(19)17-24(20,21)15-6-8-22-9-7-15/h3-5,10,12,15H,6-9H2,1-2H3,(H,17,19)/t12-/m1/s1. The third-order valence-electron chi connectivity index (χ3n) is 3.77. The first kappa shape index (κ1) is 18.4. The van der Waals surface area contributed by atoms with Crippen molar-refractivity contribution in [2.24, 2.45) is 0 Å². The van der Waals surface area contributed by atoms with Crippen LogP contribution in [0.4, 0.5) is 0 Å². The number of hydrogen-bond donors (Lipinski definition) is 1. The molecule has 1 aromatic carbocycles. The number of nitrogens with one attached hydrogen (secondary N) is 1. The lowest BCUT2D eigenvalue weighted by Gasteiger charge is -2.23. The minimum Gasteiger partial charge on any atom is -0.481 e. The zero-order chi connectivity index (χ0) is 17.7. The third kappa shape index (κ3) is 4.78. The van der Waals surface area contributed by atoms with E-state index < -0.39 is 27.3 Å². The normalized spacial score (nSPS) is 17.1. The molecule has 1 saturated heterocycles. The van der Waals surface area contributed by atoms with Gasteiger partial charge in [0, 0.05) is 18.8 Å². The highest BCUT2D eigenvalue weighted by atomic mass is 32.2. The summed E-state index contributed by atoms with van der Waals surface area (Å²) < 4.78 is 37.1. The summed E-state index contributed by atoms with van der Waals surface area (Å²) in [5, 5.41) is -0.636. The predicted molar refractivity (Wildman–Crippen MR) is 87.4 cm³/mol. The van der Waals surface area contributed by atoms with Gasteiger partial charge in [0.25, 0.3) is 5.91 Å². The lowest BCUT2D eigenvalue weighted by atomic mass is 10.1. The van der Waals surface area contributed by atoms with Crippen molar-refractivity contribution in [3.05, 3.63) is 29.8 Å². The van der Waals surface area contributed by atoms with Crippen LogP contribution in [0, 0.1) is 0 Å². The summed E-state index contributed by atoms with van der Waals surface area (Å²) in [5.41, 5.74) is 0.454. The van der Waals surface area contributed by atoms with Crippen molar-refractivity contribution in [2.45, 2.75) is 38.0 Å². The minimum atomic E-state index is -3.76.